The van der Waals surface area contributed by atoms with Crippen molar-refractivity contribution in [2.75, 3.05) is 30.3 Å². The molecule has 9 nitrogen and oxygen atoms in total. The first kappa shape index (κ1) is 30.8. The average Bonchev–Trinajstić information content (AvgIpc) is 3.02. The number of benzene rings is 2. The predicted molar refractivity (Wildman–Crippen MR) is 164 cm³/mol. The zero-order valence-electron chi connectivity index (χ0n) is 24.7. The highest BCUT2D eigenvalue weighted by Gasteiger charge is 2.49. The fourth-order valence-corrected chi connectivity index (χ4v) is 6.80. The van der Waals surface area contributed by atoms with E-state index in [4.69, 9.17) is 21.1 Å². The Bertz CT molecular complexity index is 1660. The number of piperidine rings is 1. The van der Waals surface area contributed by atoms with E-state index in [9.17, 15) is 18.8 Å². The van der Waals surface area contributed by atoms with Crippen LogP contribution in [0, 0.1) is 11.6 Å². The number of esters is 1. The van der Waals surface area contributed by atoms with Crippen molar-refractivity contribution in [2.45, 2.75) is 63.0 Å². The highest BCUT2D eigenvalue weighted by atomic mass is 35.5. The molecule has 3 aromatic rings. The van der Waals surface area contributed by atoms with Crippen molar-refractivity contribution in [3.8, 4) is 11.1 Å². The molecule has 6 rings (SSSR count). The predicted octanol–water partition coefficient (Wildman–Crippen LogP) is 6.76. The number of amides is 2. The lowest BCUT2D eigenvalue weighted by molar-refractivity contribution is -0.144. The number of anilines is 2. The topological polar surface area (TPSA) is 110 Å². The van der Waals surface area contributed by atoms with E-state index in [0.29, 0.717) is 67.6 Å². The van der Waals surface area contributed by atoms with E-state index in [1.807, 2.05) is 0 Å². The number of nitrogens with one attached hydrogen (secondary N) is 2. The van der Waals surface area contributed by atoms with Crippen molar-refractivity contribution < 1.29 is 32.6 Å². The molecule has 2 aromatic carbocycles. The van der Waals surface area contributed by atoms with E-state index in [1.54, 1.807) is 36.2 Å². The minimum Gasteiger partial charge on any atom is -0.464 e. The van der Waals surface area contributed by atoms with Crippen molar-refractivity contribution in [2.24, 2.45) is 0 Å². The maximum absolute atomic E-state index is 15.5. The summed E-state index contributed by atoms with van der Waals surface area (Å²) in [7, 11) is 0. The standard InChI is InChI=1S/C33H33ClF2N4O5/c1-2-44-31(42)26-7-4-3-6-21(27-16-19(12-14-37-27)22-17-20(35)8-10-24(22)38-26)30(41)40-15-5-13-33(18-40)28-25(39-32(43)45-33)11-9-23(34)29(28)36/h8-12,14,16-17,21,26,38H,2-7,13,15,18H2,1H3,(H,39,43)/t21-,26+,33-/m0/s1. The van der Waals surface area contributed by atoms with E-state index >= 15 is 4.39 Å². The van der Waals surface area contributed by atoms with Crippen LogP contribution in [0.25, 0.3) is 11.1 Å². The molecule has 3 aliphatic heterocycles. The van der Waals surface area contributed by atoms with Crippen LogP contribution in [0.4, 0.5) is 25.0 Å². The Morgan fingerprint density at radius 3 is 2.73 bits per heavy atom. The molecule has 4 heterocycles. The van der Waals surface area contributed by atoms with Gasteiger partial charge in [-0.15, -0.1) is 0 Å². The number of hydrogen-bond acceptors (Lipinski definition) is 7. The molecule has 1 aromatic heterocycles. The van der Waals surface area contributed by atoms with Gasteiger partial charge in [0.15, 0.2) is 11.4 Å². The van der Waals surface area contributed by atoms with Gasteiger partial charge in [-0.1, -0.05) is 24.4 Å². The molecule has 1 saturated heterocycles. The summed E-state index contributed by atoms with van der Waals surface area (Å²) < 4.78 is 41.1. The van der Waals surface area contributed by atoms with Crippen LogP contribution >= 0.6 is 11.6 Å². The number of hydrogen-bond donors (Lipinski definition) is 2. The first-order valence-electron chi connectivity index (χ1n) is 15.2. The molecule has 2 amide bonds. The van der Waals surface area contributed by atoms with Crippen molar-refractivity contribution in [3.63, 3.8) is 0 Å². The van der Waals surface area contributed by atoms with Gasteiger partial charge in [0, 0.05) is 24.0 Å². The van der Waals surface area contributed by atoms with E-state index in [1.165, 1.54) is 24.3 Å². The SMILES string of the molecule is CCOC(=O)[C@H]1CCCC[C@H](C(=O)N2CCC[C@@]3(C2)OC(=O)Nc2ccc(Cl)c(F)c23)c2cc(ccn2)-c2cc(F)ccc2N1. The largest absolute Gasteiger partial charge is 0.464 e. The zero-order valence-corrected chi connectivity index (χ0v) is 25.5. The van der Waals surface area contributed by atoms with Crippen molar-refractivity contribution >= 4 is 40.9 Å². The van der Waals surface area contributed by atoms with Crippen LogP contribution in [0.1, 0.15) is 62.6 Å². The summed E-state index contributed by atoms with van der Waals surface area (Å²) in [6, 6.07) is 10.0. The van der Waals surface area contributed by atoms with Gasteiger partial charge in [0.1, 0.15) is 11.9 Å². The summed E-state index contributed by atoms with van der Waals surface area (Å²) in [6.07, 6.45) is 3.68. The Hall–Kier alpha value is -4.25. The van der Waals surface area contributed by atoms with Gasteiger partial charge in [0.2, 0.25) is 5.91 Å². The van der Waals surface area contributed by atoms with Crippen LogP contribution in [0.2, 0.25) is 5.02 Å². The quantitative estimate of drug-likeness (QED) is 0.305. The summed E-state index contributed by atoms with van der Waals surface area (Å²) in [6.45, 7) is 2.29. The maximum atomic E-state index is 15.5. The number of ether oxygens (including phenoxy) is 2. The van der Waals surface area contributed by atoms with Gasteiger partial charge in [-0.05, 0) is 80.6 Å². The van der Waals surface area contributed by atoms with Crippen LogP contribution in [-0.2, 0) is 24.7 Å². The number of fused-ring (bicyclic) bond motifs is 6. The second-order valence-electron chi connectivity index (χ2n) is 11.6. The monoisotopic (exact) mass is 638 g/mol. The fraction of sp³-hybridized carbons (Fsp3) is 0.394. The summed E-state index contributed by atoms with van der Waals surface area (Å²) in [5.74, 6) is -2.49. The van der Waals surface area contributed by atoms with Gasteiger partial charge >= 0.3 is 12.1 Å². The molecule has 3 aliphatic rings. The van der Waals surface area contributed by atoms with E-state index in [0.717, 1.165) is 0 Å². The molecule has 0 aliphatic carbocycles. The Morgan fingerprint density at radius 1 is 1.11 bits per heavy atom. The molecule has 1 fully saturated rings. The number of carbonyl (C=O) groups excluding carboxylic acids is 3. The molecule has 0 saturated carbocycles. The molecule has 3 atom stereocenters. The van der Waals surface area contributed by atoms with Gasteiger partial charge in [-0.25, -0.2) is 18.4 Å². The van der Waals surface area contributed by atoms with E-state index in [2.05, 4.69) is 15.6 Å². The number of rotatable bonds is 3. The fourth-order valence-electron chi connectivity index (χ4n) is 6.64. The van der Waals surface area contributed by atoms with E-state index in [-0.39, 0.29) is 35.3 Å². The third-order valence-corrected chi connectivity index (χ3v) is 9.00. The lowest BCUT2D eigenvalue weighted by Crippen LogP contribution is -2.54. The van der Waals surface area contributed by atoms with Crippen LogP contribution in [-0.4, -0.2) is 53.6 Å². The molecule has 0 unspecified atom stereocenters. The Kier molecular flexibility index (Phi) is 8.63. The lowest BCUT2D eigenvalue weighted by Gasteiger charge is -2.45. The minimum atomic E-state index is -1.41. The first-order valence-corrected chi connectivity index (χ1v) is 15.5. The average molecular weight is 639 g/mol. The van der Waals surface area contributed by atoms with Gasteiger partial charge in [-0.3, -0.25) is 15.1 Å². The summed E-state index contributed by atoms with van der Waals surface area (Å²) >= 11 is 6.13. The Labute approximate surface area is 264 Å². The molecule has 1 spiro atoms. The molecule has 2 N–H and O–H groups in total. The van der Waals surface area contributed by atoms with Crippen LogP contribution in [0.5, 0.6) is 0 Å². The van der Waals surface area contributed by atoms with Crippen molar-refractivity contribution in [3.05, 3.63) is 76.6 Å². The number of aromatic nitrogens is 1. The molecular formula is C33H33ClF2N4O5. The van der Waals surface area contributed by atoms with Crippen LogP contribution in [0.3, 0.4) is 0 Å². The molecule has 2 bridgehead atoms. The molecule has 12 heteroatoms. The zero-order chi connectivity index (χ0) is 31.7. The highest BCUT2D eigenvalue weighted by Crippen LogP contribution is 2.46. The molecule has 45 heavy (non-hydrogen) atoms. The number of pyridine rings is 1. The third-order valence-electron chi connectivity index (χ3n) is 8.71. The Balaban J connectivity index is 1.36. The second kappa shape index (κ2) is 12.6. The number of carbonyl (C=O) groups is 3. The highest BCUT2D eigenvalue weighted by molar-refractivity contribution is 6.31. The summed E-state index contributed by atoms with van der Waals surface area (Å²) in [4.78, 5) is 46.0. The number of nitrogens with zero attached hydrogens (tertiary/aromatic N) is 2. The molecular weight excluding hydrogens is 606 g/mol. The van der Waals surface area contributed by atoms with Gasteiger partial charge in [0.25, 0.3) is 0 Å². The number of likely N-dealkylation sites (tertiary alicyclic amines) is 1. The third kappa shape index (κ3) is 6.05. The molecule has 236 valence electrons. The summed E-state index contributed by atoms with van der Waals surface area (Å²) in [5, 5.41) is 5.69. The molecule has 0 radical (unpaired) electrons. The van der Waals surface area contributed by atoms with E-state index < -0.39 is 41.3 Å². The second-order valence-corrected chi connectivity index (χ2v) is 12.0. The van der Waals surface area contributed by atoms with Gasteiger partial charge in [0.05, 0.1) is 41.0 Å². The minimum absolute atomic E-state index is 0.0530. The number of halogens is 3. The van der Waals surface area contributed by atoms with Gasteiger partial charge < -0.3 is 19.7 Å². The van der Waals surface area contributed by atoms with Gasteiger partial charge in [-0.2, -0.15) is 0 Å². The van der Waals surface area contributed by atoms with Crippen molar-refractivity contribution in [1.29, 1.82) is 0 Å². The lowest BCUT2D eigenvalue weighted by atomic mass is 9.82. The van der Waals surface area contributed by atoms with Crippen molar-refractivity contribution in [1.82, 2.24) is 9.88 Å². The van der Waals surface area contributed by atoms with Crippen LogP contribution < -0.4 is 10.6 Å². The maximum Gasteiger partial charge on any atom is 0.412 e. The van der Waals surface area contributed by atoms with Crippen LogP contribution in [0.15, 0.2) is 48.7 Å². The Morgan fingerprint density at radius 2 is 1.91 bits per heavy atom. The normalized spacial score (nSPS) is 22.8. The summed E-state index contributed by atoms with van der Waals surface area (Å²) in [5.41, 5.74) is 1.18. The first-order chi connectivity index (χ1) is 21.7. The smallest absolute Gasteiger partial charge is 0.412 e.